The third kappa shape index (κ3) is 6.18. The molecular weight excluding hydrogens is 430 g/mol. The molecule has 2 heterocycles. The van der Waals surface area contributed by atoms with Crippen LogP contribution in [0.25, 0.3) is 0 Å². The fraction of sp³-hybridized carbons (Fsp3) is 0.455. The highest BCUT2D eigenvalue weighted by Crippen LogP contribution is 2.24. The molecular formula is C22H31N5O4S. The van der Waals surface area contributed by atoms with Gasteiger partial charge in [-0.25, -0.2) is 13.4 Å². The first-order valence-electron chi connectivity index (χ1n) is 10.8. The lowest BCUT2D eigenvalue weighted by molar-refractivity contribution is 0.0937. The largest absolute Gasteiger partial charge is 0.383 e. The van der Waals surface area contributed by atoms with Crippen LogP contribution in [0.2, 0.25) is 0 Å². The number of carbonyl (C=O) groups excluding carboxylic acids is 1. The Labute approximate surface area is 189 Å². The van der Waals surface area contributed by atoms with E-state index in [4.69, 9.17) is 4.74 Å². The lowest BCUT2D eigenvalue weighted by Gasteiger charge is -2.30. The number of aromatic nitrogens is 1. The number of pyridine rings is 1. The number of nitrogens with zero attached hydrogens (tertiary/aromatic N) is 2. The second-order valence-electron chi connectivity index (χ2n) is 7.58. The van der Waals surface area contributed by atoms with Gasteiger partial charge < -0.3 is 20.3 Å². The number of ether oxygens (including phenoxy) is 1. The first-order valence-corrected chi connectivity index (χ1v) is 12.3. The SMILES string of the molecule is CCCc1ccc(S(=O)(=O)Nc2cnc(N3CCNCC3)c(C(=O)NCCOC)c2)cc1. The Hall–Kier alpha value is -2.69. The van der Waals surface area contributed by atoms with Crippen LogP contribution in [0.1, 0.15) is 29.3 Å². The fourth-order valence-corrected chi connectivity index (χ4v) is 4.54. The van der Waals surface area contributed by atoms with Gasteiger partial charge in [0.2, 0.25) is 0 Å². The Kier molecular flexibility index (Phi) is 8.43. The summed E-state index contributed by atoms with van der Waals surface area (Å²) in [6.07, 6.45) is 3.34. The summed E-state index contributed by atoms with van der Waals surface area (Å²) >= 11 is 0. The van der Waals surface area contributed by atoms with Crippen LogP contribution in [0.5, 0.6) is 0 Å². The zero-order valence-electron chi connectivity index (χ0n) is 18.6. The summed E-state index contributed by atoms with van der Waals surface area (Å²) in [7, 11) is -2.25. The molecule has 9 nitrogen and oxygen atoms in total. The van der Waals surface area contributed by atoms with Crippen molar-refractivity contribution in [2.45, 2.75) is 24.7 Å². The number of rotatable bonds is 10. The molecule has 0 saturated carbocycles. The maximum atomic E-state index is 12.9. The maximum absolute atomic E-state index is 12.9. The van der Waals surface area contributed by atoms with E-state index < -0.39 is 10.0 Å². The summed E-state index contributed by atoms with van der Waals surface area (Å²) in [6.45, 7) is 5.79. The van der Waals surface area contributed by atoms with Gasteiger partial charge in [-0.2, -0.15) is 0 Å². The predicted octanol–water partition coefficient (Wildman–Crippen LogP) is 1.62. The molecule has 1 aliphatic rings. The van der Waals surface area contributed by atoms with Crippen molar-refractivity contribution in [3.63, 3.8) is 0 Å². The smallest absolute Gasteiger partial charge is 0.261 e. The van der Waals surface area contributed by atoms with Gasteiger partial charge in [0, 0.05) is 39.8 Å². The van der Waals surface area contributed by atoms with Gasteiger partial charge in [-0.3, -0.25) is 9.52 Å². The number of anilines is 2. The van der Waals surface area contributed by atoms with Gasteiger partial charge in [0.1, 0.15) is 5.82 Å². The van der Waals surface area contributed by atoms with Crippen molar-refractivity contribution in [1.82, 2.24) is 15.6 Å². The van der Waals surface area contributed by atoms with Crippen molar-refractivity contribution in [1.29, 1.82) is 0 Å². The zero-order valence-corrected chi connectivity index (χ0v) is 19.4. The first-order chi connectivity index (χ1) is 15.4. The molecule has 174 valence electrons. The van der Waals surface area contributed by atoms with Crippen molar-refractivity contribution in [2.24, 2.45) is 0 Å². The van der Waals surface area contributed by atoms with Crippen molar-refractivity contribution < 1.29 is 17.9 Å². The summed E-state index contributed by atoms with van der Waals surface area (Å²) in [5.74, 6) is 0.210. The van der Waals surface area contributed by atoms with Crippen LogP contribution >= 0.6 is 0 Å². The molecule has 2 aromatic rings. The highest BCUT2D eigenvalue weighted by Gasteiger charge is 2.22. The monoisotopic (exact) mass is 461 g/mol. The van der Waals surface area contributed by atoms with E-state index in [0.29, 0.717) is 37.6 Å². The molecule has 1 aromatic carbocycles. The molecule has 10 heteroatoms. The van der Waals surface area contributed by atoms with E-state index in [1.807, 2.05) is 17.0 Å². The van der Waals surface area contributed by atoms with Crippen LogP contribution in [-0.4, -0.2) is 65.7 Å². The zero-order chi connectivity index (χ0) is 23.0. The van der Waals surface area contributed by atoms with E-state index in [2.05, 4.69) is 27.3 Å². The lowest BCUT2D eigenvalue weighted by atomic mass is 10.1. The number of carbonyl (C=O) groups is 1. The summed E-state index contributed by atoms with van der Waals surface area (Å²) in [5.41, 5.74) is 1.64. The summed E-state index contributed by atoms with van der Waals surface area (Å²) in [6, 6.07) is 8.36. The number of piperazine rings is 1. The minimum atomic E-state index is -3.81. The van der Waals surface area contributed by atoms with Gasteiger partial charge in [-0.15, -0.1) is 0 Å². The summed E-state index contributed by atoms with van der Waals surface area (Å²) in [4.78, 5) is 19.5. The molecule has 0 bridgehead atoms. The van der Waals surface area contributed by atoms with Crippen molar-refractivity contribution in [3.8, 4) is 0 Å². The second-order valence-corrected chi connectivity index (χ2v) is 9.26. The molecule has 0 spiro atoms. The first kappa shape index (κ1) is 24.0. The van der Waals surface area contributed by atoms with Crippen LogP contribution in [0, 0.1) is 0 Å². The standard InChI is InChI=1S/C22H31N5O4S/c1-3-4-17-5-7-19(8-6-17)32(29,30)26-18-15-20(22(28)24-11-14-31-2)21(25-16-18)27-12-9-23-10-13-27/h5-8,15-16,23,26H,3-4,9-14H2,1-2H3,(H,24,28). The third-order valence-electron chi connectivity index (χ3n) is 5.14. The Morgan fingerprint density at radius 1 is 1.22 bits per heavy atom. The highest BCUT2D eigenvalue weighted by molar-refractivity contribution is 7.92. The third-order valence-corrected chi connectivity index (χ3v) is 6.54. The molecule has 1 amide bonds. The maximum Gasteiger partial charge on any atom is 0.261 e. The average Bonchev–Trinajstić information content (AvgIpc) is 2.80. The molecule has 1 aliphatic heterocycles. The Morgan fingerprint density at radius 3 is 2.59 bits per heavy atom. The molecule has 0 unspecified atom stereocenters. The topological polar surface area (TPSA) is 113 Å². The van der Waals surface area contributed by atoms with Gasteiger partial charge in [-0.05, 0) is 30.2 Å². The molecule has 1 fully saturated rings. The number of amides is 1. The average molecular weight is 462 g/mol. The van der Waals surface area contributed by atoms with Crippen LogP contribution < -0.4 is 20.3 Å². The van der Waals surface area contributed by atoms with Gasteiger partial charge >= 0.3 is 0 Å². The number of methoxy groups -OCH3 is 1. The van der Waals surface area contributed by atoms with Gasteiger partial charge in [0.15, 0.2) is 0 Å². The van der Waals surface area contributed by atoms with Crippen molar-refractivity contribution >= 4 is 27.4 Å². The molecule has 3 N–H and O–H groups in total. The normalized spacial score (nSPS) is 14.2. The van der Waals surface area contributed by atoms with Crippen LogP contribution in [0.15, 0.2) is 41.4 Å². The van der Waals surface area contributed by atoms with E-state index in [9.17, 15) is 13.2 Å². The number of hydrogen-bond donors (Lipinski definition) is 3. The molecule has 1 aromatic heterocycles. The minimum Gasteiger partial charge on any atom is -0.383 e. The lowest BCUT2D eigenvalue weighted by Crippen LogP contribution is -2.44. The quantitative estimate of drug-likeness (QED) is 0.461. The van der Waals surface area contributed by atoms with E-state index in [1.165, 1.54) is 12.3 Å². The molecule has 32 heavy (non-hydrogen) atoms. The second kappa shape index (κ2) is 11.3. The van der Waals surface area contributed by atoms with Gasteiger partial charge in [0.05, 0.1) is 29.0 Å². The summed E-state index contributed by atoms with van der Waals surface area (Å²) < 4.78 is 33.3. The molecule has 0 radical (unpaired) electrons. The van der Waals surface area contributed by atoms with E-state index >= 15 is 0 Å². The minimum absolute atomic E-state index is 0.162. The molecule has 0 atom stereocenters. The number of nitrogens with one attached hydrogen (secondary N) is 3. The van der Waals surface area contributed by atoms with Crippen molar-refractivity contribution in [2.75, 3.05) is 56.1 Å². The highest BCUT2D eigenvalue weighted by atomic mass is 32.2. The molecule has 0 aliphatic carbocycles. The fourth-order valence-electron chi connectivity index (χ4n) is 3.51. The molecule has 1 saturated heterocycles. The van der Waals surface area contributed by atoms with E-state index in [0.717, 1.165) is 31.5 Å². The van der Waals surface area contributed by atoms with Gasteiger partial charge in [-0.1, -0.05) is 25.5 Å². The predicted molar refractivity (Wildman–Crippen MR) is 125 cm³/mol. The number of benzene rings is 1. The molecule has 3 rings (SSSR count). The van der Waals surface area contributed by atoms with Crippen LogP contribution in [0.4, 0.5) is 11.5 Å². The van der Waals surface area contributed by atoms with Gasteiger partial charge in [0.25, 0.3) is 15.9 Å². The Morgan fingerprint density at radius 2 is 1.94 bits per heavy atom. The van der Waals surface area contributed by atoms with Crippen LogP contribution in [-0.2, 0) is 21.2 Å². The Bertz CT molecular complexity index is 1010. The summed E-state index contributed by atoms with van der Waals surface area (Å²) in [5, 5.41) is 6.07. The van der Waals surface area contributed by atoms with Crippen LogP contribution in [0.3, 0.4) is 0 Å². The number of sulfonamides is 1. The van der Waals surface area contributed by atoms with E-state index in [-0.39, 0.29) is 16.5 Å². The van der Waals surface area contributed by atoms with Crippen molar-refractivity contribution in [3.05, 3.63) is 47.7 Å². The number of aryl methyl sites for hydroxylation is 1. The van der Waals surface area contributed by atoms with E-state index in [1.54, 1.807) is 19.2 Å². The number of hydrogen-bond acceptors (Lipinski definition) is 7. The Balaban J connectivity index is 1.85.